The number of anilines is 1. The van der Waals surface area contributed by atoms with E-state index in [1.807, 2.05) is 6.07 Å². The molecule has 0 aromatic carbocycles. The molecule has 0 bridgehead atoms. The average molecular weight is 326 g/mol. The first-order chi connectivity index (χ1) is 7.67. The summed E-state index contributed by atoms with van der Waals surface area (Å²) in [5, 5.41) is 3.89. The Morgan fingerprint density at radius 1 is 1.56 bits per heavy atom. The van der Waals surface area contributed by atoms with Crippen LogP contribution in [-0.2, 0) is 0 Å². The van der Waals surface area contributed by atoms with E-state index in [4.69, 9.17) is 23.2 Å². The van der Waals surface area contributed by atoms with Crippen molar-refractivity contribution in [3.8, 4) is 0 Å². The maximum Gasteiger partial charge on any atom is 0.144 e. The van der Waals surface area contributed by atoms with Gasteiger partial charge in [0.15, 0.2) is 0 Å². The van der Waals surface area contributed by atoms with E-state index < -0.39 is 0 Å². The first-order valence-electron chi connectivity index (χ1n) is 5.28. The summed E-state index contributed by atoms with van der Waals surface area (Å²) in [7, 11) is 0. The molecule has 0 aliphatic heterocycles. The van der Waals surface area contributed by atoms with Crippen molar-refractivity contribution in [2.24, 2.45) is 5.92 Å². The Bertz CT molecular complexity index is 334. The Labute approximate surface area is 115 Å². The molecule has 1 aromatic rings. The average Bonchev–Trinajstić information content (AvgIpc) is 2.26. The van der Waals surface area contributed by atoms with Crippen molar-refractivity contribution in [2.45, 2.75) is 19.8 Å². The van der Waals surface area contributed by atoms with Gasteiger partial charge in [-0.15, -0.1) is 11.6 Å². The van der Waals surface area contributed by atoms with Gasteiger partial charge in [-0.25, -0.2) is 4.98 Å². The topological polar surface area (TPSA) is 24.9 Å². The summed E-state index contributed by atoms with van der Waals surface area (Å²) in [6.45, 7) is 3.02. The van der Waals surface area contributed by atoms with Gasteiger partial charge in [0.05, 0.1) is 5.02 Å². The molecule has 0 saturated heterocycles. The van der Waals surface area contributed by atoms with Gasteiger partial charge < -0.3 is 5.32 Å². The van der Waals surface area contributed by atoms with Crippen molar-refractivity contribution >= 4 is 44.9 Å². The Morgan fingerprint density at radius 3 is 2.88 bits per heavy atom. The minimum Gasteiger partial charge on any atom is -0.369 e. The molecule has 5 heteroatoms. The number of pyridine rings is 1. The van der Waals surface area contributed by atoms with Gasteiger partial charge in [0.2, 0.25) is 0 Å². The van der Waals surface area contributed by atoms with Crippen molar-refractivity contribution in [3.05, 3.63) is 21.8 Å². The number of alkyl halides is 1. The van der Waals surface area contributed by atoms with E-state index in [0.29, 0.717) is 16.8 Å². The molecular formula is C11H15BrCl2N2. The van der Waals surface area contributed by atoms with E-state index >= 15 is 0 Å². The molecule has 0 aliphatic carbocycles. The Morgan fingerprint density at radius 2 is 2.31 bits per heavy atom. The quantitative estimate of drug-likeness (QED) is 0.775. The van der Waals surface area contributed by atoms with E-state index in [2.05, 4.69) is 33.2 Å². The third kappa shape index (κ3) is 4.48. The smallest absolute Gasteiger partial charge is 0.144 e. The van der Waals surface area contributed by atoms with E-state index in [1.165, 1.54) is 0 Å². The highest BCUT2D eigenvalue weighted by molar-refractivity contribution is 9.10. The van der Waals surface area contributed by atoms with Crippen molar-refractivity contribution < 1.29 is 0 Å². The molecule has 0 aliphatic rings. The summed E-state index contributed by atoms with van der Waals surface area (Å²) in [6.07, 6.45) is 3.85. The van der Waals surface area contributed by atoms with Gasteiger partial charge in [0.25, 0.3) is 0 Å². The molecule has 1 rings (SSSR count). The fourth-order valence-electron chi connectivity index (χ4n) is 1.39. The second-order valence-electron chi connectivity index (χ2n) is 3.62. The molecule has 90 valence electrons. The molecule has 1 atom stereocenters. The summed E-state index contributed by atoms with van der Waals surface area (Å²) in [5.41, 5.74) is 0. The molecule has 1 N–H and O–H groups in total. The van der Waals surface area contributed by atoms with Crippen LogP contribution in [0.4, 0.5) is 5.82 Å². The maximum atomic E-state index is 6.05. The van der Waals surface area contributed by atoms with Crippen LogP contribution in [0.15, 0.2) is 16.7 Å². The molecule has 1 heterocycles. The van der Waals surface area contributed by atoms with E-state index in [1.54, 1.807) is 6.20 Å². The van der Waals surface area contributed by atoms with Crippen molar-refractivity contribution in [2.75, 3.05) is 17.7 Å². The van der Waals surface area contributed by atoms with Gasteiger partial charge in [0.1, 0.15) is 5.82 Å². The molecule has 1 aromatic heterocycles. The monoisotopic (exact) mass is 324 g/mol. The van der Waals surface area contributed by atoms with Crippen molar-refractivity contribution in [1.29, 1.82) is 0 Å². The van der Waals surface area contributed by atoms with Gasteiger partial charge in [-0.3, -0.25) is 0 Å². The largest absolute Gasteiger partial charge is 0.369 e. The minimum absolute atomic E-state index is 0.569. The molecule has 1 unspecified atom stereocenters. The molecule has 0 amide bonds. The molecule has 0 spiro atoms. The minimum atomic E-state index is 0.569. The fourth-order valence-corrected chi connectivity index (χ4v) is 2.40. The van der Waals surface area contributed by atoms with E-state index in [-0.39, 0.29) is 0 Å². The Balaban J connectivity index is 2.53. The van der Waals surface area contributed by atoms with Crippen LogP contribution in [0.25, 0.3) is 0 Å². The van der Waals surface area contributed by atoms with Crippen molar-refractivity contribution in [3.63, 3.8) is 0 Å². The fraction of sp³-hybridized carbons (Fsp3) is 0.545. The van der Waals surface area contributed by atoms with Crippen LogP contribution in [0.3, 0.4) is 0 Å². The summed E-state index contributed by atoms with van der Waals surface area (Å²) >= 11 is 15.1. The lowest BCUT2D eigenvalue weighted by Crippen LogP contribution is -2.15. The van der Waals surface area contributed by atoms with Gasteiger partial charge in [-0.05, 0) is 34.3 Å². The second kappa shape index (κ2) is 7.36. The number of nitrogens with zero attached hydrogens (tertiary/aromatic N) is 1. The predicted molar refractivity (Wildman–Crippen MR) is 74.6 cm³/mol. The van der Waals surface area contributed by atoms with Crippen LogP contribution in [0, 0.1) is 5.92 Å². The van der Waals surface area contributed by atoms with Gasteiger partial charge >= 0.3 is 0 Å². The number of nitrogens with one attached hydrogen (secondary N) is 1. The zero-order valence-electron chi connectivity index (χ0n) is 9.14. The second-order valence-corrected chi connectivity index (χ2v) is 5.32. The third-order valence-electron chi connectivity index (χ3n) is 2.46. The lowest BCUT2D eigenvalue weighted by atomic mass is 10.0. The van der Waals surface area contributed by atoms with Crippen LogP contribution >= 0.6 is 39.1 Å². The normalized spacial score (nSPS) is 12.5. The highest BCUT2D eigenvalue weighted by Gasteiger charge is 2.07. The van der Waals surface area contributed by atoms with E-state index in [0.717, 1.165) is 29.7 Å². The first-order valence-corrected chi connectivity index (χ1v) is 6.98. The lowest BCUT2D eigenvalue weighted by molar-refractivity contribution is 0.521. The van der Waals surface area contributed by atoms with Gasteiger partial charge in [0, 0.05) is 23.1 Å². The standard InChI is InChI=1S/C11H15BrCl2N2/c1-2-8(3-4-13)6-15-11-10(14)5-9(12)7-16-11/h5,7-8H,2-4,6H2,1H3,(H,15,16). The Kier molecular flexibility index (Phi) is 6.47. The molecule has 0 radical (unpaired) electrons. The van der Waals surface area contributed by atoms with Crippen LogP contribution in [0.2, 0.25) is 5.02 Å². The van der Waals surface area contributed by atoms with Crippen LogP contribution in [0.1, 0.15) is 19.8 Å². The highest BCUT2D eigenvalue weighted by Crippen LogP contribution is 2.23. The third-order valence-corrected chi connectivity index (χ3v) is 3.40. The van der Waals surface area contributed by atoms with Crippen LogP contribution in [-0.4, -0.2) is 17.4 Å². The number of hydrogen-bond acceptors (Lipinski definition) is 2. The molecule has 0 saturated carbocycles. The molecular weight excluding hydrogens is 311 g/mol. The molecule has 0 fully saturated rings. The van der Waals surface area contributed by atoms with Crippen LogP contribution in [0.5, 0.6) is 0 Å². The summed E-state index contributed by atoms with van der Waals surface area (Å²) < 4.78 is 0.885. The van der Waals surface area contributed by atoms with E-state index in [9.17, 15) is 0 Å². The van der Waals surface area contributed by atoms with Crippen molar-refractivity contribution in [1.82, 2.24) is 4.98 Å². The molecule has 16 heavy (non-hydrogen) atoms. The first kappa shape index (κ1) is 14.1. The number of hydrogen-bond donors (Lipinski definition) is 1. The maximum absolute atomic E-state index is 6.05. The highest BCUT2D eigenvalue weighted by atomic mass is 79.9. The summed E-state index contributed by atoms with van der Waals surface area (Å²) in [4.78, 5) is 4.22. The Hall–Kier alpha value is 0.01000. The summed E-state index contributed by atoms with van der Waals surface area (Å²) in [6, 6.07) is 1.83. The van der Waals surface area contributed by atoms with Gasteiger partial charge in [-0.1, -0.05) is 24.9 Å². The zero-order chi connectivity index (χ0) is 12.0. The zero-order valence-corrected chi connectivity index (χ0v) is 12.2. The predicted octanol–water partition coefficient (Wildman–Crippen LogP) is 4.56. The van der Waals surface area contributed by atoms with Crippen LogP contribution < -0.4 is 5.32 Å². The molecule has 2 nitrogen and oxygen atoms in total. The van der Waals surface area contributed by atoms with Gasteiger partial charge in [-0.2, -0.15) is 0 Å². The SMILES string of the molecule is CCC(CCCl)CNc1ncc(Br)cc1Cl. The number of aromatic nitrogens is 1. The number of halogens is 3. The summed E-state index contributed by atoms with van der Waals surface area (Å²) in [5.74, 6) is 2.00. The number of rotatable bonds is 6. The lowest BCUT2D eigenvalue weighted by Gasteiger charge is -2.15.